The fourth-order valence-electron chi connectivity index (χ4n) is 1.64. The van der Waals surface area contributed by atoms with Crippen molar-refractivity contribution >= 4 is 38.3 Å². The quantitative estimate of drug-likeness (QED) is 0.868. The number of benzene rings is 1. The molecule has 0 fully saturated rings. The largest absolute Gasteiger partial charge is 0.384 e. The molecule has 0 spiro atoms. The molecule has 114 valence electrons. The average molecular weight is 348 g/mol. The van der Waals surface area contributed by atoms with Gasteiger partial charge in [-0.05, 0) is 24.6 Å². The maximum atomic E-state index is 12.3. The second-order valence-electron chi connectivity index (χ2n) is 4.23. The van der Waals surface area contributed by atoms with Gasteiger partial charge < -0.3 is 4.74 Å². The molecule has 0 radical (unpaired) electrons. The average Bonchev–Trinajstić information content (AvgIpc) is 2.86. The Morgan fingerprint density at radius 2 is 2.19 bits per heavy atom. The van der Waals surface area contributed by atoms with E-state index in [0.29, 0.717) is 29.4 Å². The summed E-state index contributed by atoms with van der Waals surface area (Å²) < 4.78 is 36.1. The van der Waals surface area contributed by atoms with Crippen LogP contribution in [0.3, 0.4) is 0 Å². The highest BCUT2D eigenvalue weighted by atomic mass is 35.5. The number of ether oxygens (including phenoxy) is 1. The molecule has 1 heterocycles. The van der Waals surface area contributed by atoms with Crippen molar-refractivity contribution in [1.29, 1.82) is 0 Å². The van der Waals surface area contributed by atoms with E-state index in [2.05, 4.69) is 14.1 Å². The Balaban J connectivity index is 2.21. The molecule has 0 atom stereocenters. The second-order valence-corrected chi connectivity index (χ2v) is 7.04. The van der Waals surface area contributed by atoms with Crippen LogP contribution < -0.4 is 4.72 Å². The summed E-state index contributed by atoms with van der Waals surface area (Å²) in [6.45, 7) is 2.14. The first-order chi connectivity index (χ1) is 9.94. The third-order valence-electron chi connectivity index (χ3n) is 2.73. The molecule has 2 aromatic rings. The van der Waals surface area contributed by atoms with Crippen molar-refractivity contribution in [3.8, 4) is 0 Å². The van der Waals surface area contributed by atoms with E-state index in [1.165, 1.54) is 6.07 Å². The van der Waals surface area contributed by atoms with E-state index in [1.54, 1.807) is 26.2 Å². The summed E-state index contributed by atoms with van der Waals surface area (Å²) in [7, 11) is -2.15. The predicted octanol–water partition coefficient (Wildman–Crippen LogP) is 2.49. The number of nitrogens with zero attached hydrogens (tertiary/aromatic N) is 2. The molecule has 1 aromatic heterocycles. The number of halogens is 1. The number of nitrogens with one attached hydrogen (secondary N) is 1. The van der Waals surface area contributed by atoms with Gasteiger partial charge in [0.1, 0.15) is 5.82 Å². The molecule has 2 rings (SSSR count). The molecule has 0 aliphatic heterocycles. The summed E-state index contributed by atoms with van der Waals surface area (Å²) in [5.74, 6) is 0.544. The van der Waals surface area contributed by atoms with Gasteiger partial charge in [0.2, 0.25) is 5.13 Å². The number of hydrogen-bond acceptors (Lipinski definition) is 6. The van der Waals surface area contributed by atoms with Crippen LogP contribution in [0.4, 0.5) is 5.13 Å². The standard InChI is InChI=1S/C12H14ClN3O3S2/c1-8-9(13)4-3-5-10(8)21(17,18)16-12-14-11(15-20-12)6-7-19-2/h3-5H,6-7H2,1-2H3,(H,14,15,16). The molecule has 0 saturated heterocycles. The Bertz CT molecular complexity index is 731. The third-order valence-corrected chi connectivity index (χ3v) is 5.42. The van der Waals surface area contributed by atoms with Gasteiger partial charge in [-0.3, -0.25) is 4.72 Å². The lowest BCUT2D eigenvalue weighted by Crippen LogP contribution is -2.14. The summed E-state index contributed by atoms with van der Waals surface area (Å²) in [6, 6.07) is 4.73. The molecule has 0 unspecified atom stereocenters. The van der Waals surface area contributed by atoms with E-state index in [4.69, 9.17) is 16.3 Å². The van der Waals surface area contributed by atoms with Crippen LogP contribution in [0, 0.1) is 6.92 Å². The van der Waals surface area contributed by atoms with Crippen molar-refractivity contribution in [2.24, 2.45) is 0 Å². The fourth-order valence-corrected chi connectivity index (χ4v) is 3.97. The molecule has 1 aromatic carbocycles. The molecule has 9 heteroatoms. The SMILES string of the molecule is COCCc1nsc(NS(=O)(=O)c2cccc(Cl)c2C)n1. The van der Waals surface area contributed by atoms with Crippen molar-refractivity contribution in [1.82, 2.24) is 9.36 Å². The van der Waals surface area contributed by atoms with Crippen molar-refractivity contribution in [2.75, 3.05) is 18.4 Å². The maximum absolute atomic E-state index is 12.3. The number of hydrogen-bond donors (Lipinski definition) is 1. The van der Waals surface area contributed by atoms with Crippen LogP contribution in [0.5, 0.6) is 0 Å². The molecular formula is C12H14ClN3O3S2. The zero-order valence-electron chi connectivity index (χ0n) is 11.5. The Kier molecular flexibility index (Phi) is 5.15. The lowest BCUT2D eigenvalue weighted by molar-refractivity contribution is 0.201. The van der Waals surface area contributed by atoms with E-state index in [1.807, 2.05) is 0 Å². The number of aromatic nitrogens is 2. The van der Waals surface area contributed by atoms with Crippen LogP contribution >= 0.6 is 23.1 Å². The van der Waals surface area contributed by atoms with E-state index in [9.17, 15) is 8.42 Å². The Morgan fingerprint density at radius 3 is 2.90 bits per heavy atom. The van der Waals surface area contributed by atoms with Gasteiger partial charge in [0.05, 0.1) is 11.5 Å². The summed E-state index contributed by atoms with van der Waals surface area (Å²) in [4.78, 5) is 4.24. The van der Waals surface area contributed by atoms with Crippen molar-refractivity contribution in [3.05, 3.63) is 34.6 Å². The third kappa shape index (κ3) is 3.91. The number of anilines is 1. The Hall–Kier alpha value is -1.22. The highest BCUT2D eigenvalue weighted by Gasteiger charge is 2.20. The topological polar surface area (TPSA) is 81.2 Å². The van der Waals surface area contributed by atoms with Crippen LogP contribution in [0.2, 0.25) is 5.02 Å². The molecule has 21 heavy (non-hydrogen) atoms. The number of sulfonamides is 1. The molecule has 6 nitrogen and oxygen atoms in total. The Morgan fingerprint density at radius 1 is 1.43 bits per heavy atom. The molecule has 0 aliphatic carbocycles. The molecule has 0 saturated carbocycles. The van der Waals surface area contributed by atoms with Crippen molar-refractivity contribution in [2.45, 2.75) is 18.2 Å². The Labute approximate surface area is 132 Å². The molecule has 0 bridgehead atoms. The van der Waals surface area contributed by atoms with Gasteiger partial charge in [0, 0.05) is 30.1 Å². The van der Waals surface area contributed by atoms with Gasteiger partial charge in [0.15, 0.2) is 0 Å². The summed E-state index contributed by atoms with van der Waals surface area (Å²) >= 11 is 6.94. The summed E-state index contributed by atoms with van der Waals surface area (Å²) in [6.07, 6.45) is 0.533. The summed E-state index contributed by atoms with van der Waals surface area (Å²) in [5.41, 5.74) is 0.496. The lowest BCUT2D eigenvalue weighted by atomic mass is 10.2. The first-order valence-corrected chi connectivity index (χ1v) is 8.67. The minimum absolute atomic E-state index is 0.128. The zero-order chi connectivity index (χ0) is 15.5. The van der Waals surface area contributed by atoms with Crippen LogP contribution in [-0.4, -0.2) is 31.5 Å². The fraction of sp³-hybridized carbons (Fsp3) is 0.333. The molecule has 0 amide bonds. The maximum Gasteiger partial charge on any atom is 0.264 e. The van der Waals surface area contributed by atoms with Gasteiger partial charge in [-0.2, -0.15) is 4.37 Å². The molecular weight excluding hydrogens is 334 g/mol. The van der Waals surface area contributed by atoms with Crippen LogP contribution in [0.1, 0.15) is 11.4 Å². The molecule has 1 N–H and O–H groups in total. The monoisotopic (exact) mass is 347 g/mol. The van der Waals surface area contributed by atoms with E-state index in [0.717, 1.165) is 11.5 Å². The molecule has 0 aliphatic rings. The van der Waals surface area contributed by atoms with Crippen molar-refractivity contribution < 1.29 is 13.2 Å². The van der Waals surface area contributed by atoms with Gasteiger partial charge in [-0.1, -0.05) is 17.7 Å². The number of methoxy groups -OCH3 is 1. The van der Waals surface area contributed by atoms with Crippen LogP contribution in [0.15, 0.2) is 23.1 Å². The highest BCUT2D eigenvalue weighted by Crippen LogP contribution is 2.25. The van der Waals surface area contributed by atoms with Gasteiger partial charge in [-0.25, -0.2) is 13.4 Å². The normalized spacial score (nSPS) is 11.6. The van der Waals surface area contributed by atoms with Gasteiger partial charge >= 0.3 is 0 Å². The number of rotatable bonds is 6. The first-order valence-electron chi connectivity index (χ1n) is 6.03. The minimum Gasteiger partial charge on any atom is -0.384 e. The van der Waals surface area contributed by atoms with E-state index >= 15 is 0 Å². The van der Waals surface area contributed by atoms with E-state index < -0.39 is 10.0 Å². The van der Waals surface area contributed by atoms with Crippen LogP contribution in [0.25, 0.3) is 0 Å². The predicted molar refractivity (Wildman–Crippen MR) is 82.5 cm³/mol. The van der Waals surface area contributed by atoms with Crippen molar-refractivity contribution in [3.63, 3.8) is 0 Å². The van der Waals surface area contributed by atoms with E-state index in [-0.39, 0.29) is 10.0 Å². The highest BCUT2D eigenvalue weighted by molar-refractivity contribution is 7.93. The smallest absolute Gasteiger partial charge is 0.264 e. The van der Waals surface area contributed by atoms with Gasteiger partial charge in [0.25, 0.3) is 10.0 Å². The second kappa shape index (κ2) is 6.69. The minimum atomic E-state index is -3.73. The summed E-state index contributed by atoms with van der Waals surface area (Å²) in [5, 5.41) is 0.622. The van der Waals surface area contributed by atoms with Crippen LogP contribution in [-0.2, 0) is 21.2 Å². The first kappa shape index (κ1) is 16.2. The zero-order valence-corrected chi connectivity index (χ0v) is 13.8. The lowest BCUT2D eigenvalue weighted by Gasteiger charge is -2.08. The van der Waals surface area contributed by atoms with Gasteiger partial charge in [-0.15, -0.1) is 0 Å².